The monoisotopic (exact) mass is 338 g/mol. The van der Waals surface area contributed by atoms with E-state index >= 15 is 0 Å². The van der Waals surface area contributed by atoms with E-state index in [9.17, 15) is 0 Å². The molecule has 1 aromatic heterocycles. The van der Waals surface area contributed by atoms with Crippen LogP contribution >= 0.6 is 11.6 Å². The zero-order valence-electron chi connectivity index (χ0n) is 14.3. The van der Waals surface area contributed by atoms with Gasteiger partial charge in [-0.1, -0.05) is 41.9 Å². The molecule has 2 aromatic carbocycles. The summed E-state index contributed by atoms with van der Waals surface area (Å²) in [6.45, 7) is 4.44. The number of likely N-dealkylation sites (N-methyl/N-ethyl adjacent to an activating group) is 1. The molecule has 0 saturated heterocycles. The molecular weight excluding hydrogens is 316 g/mol. The summed E-state index contributed by atoms with van der Waals surface area (Å²) in [6.07, 6.45) is 2.17. The van der Waals surface area contributed by atoms with Crippen molar-refractivity contribution < 1.29 is 0 Å². The molecule has 2 heterocycles. The smallest absolute Gasteiger partial charge is 0.0487 e. The number of aryl methyl sites for hydroxylation is 2. The van der Waals surface area contributed by atoms with Crippen LogP contribution in [0.2, 0.25) is 5.02 Å². The molecule has 1 aliphatic rings. The lowest BCUT2D eigenvalue weighted by atomic mass is 9.97. The lowest BCUT2D eigenvalue weighted by molar-refractivity contribution is 0.245. The van der Waals surface area contributed by atoms with Crippen molar-refractivity contribution in [3.8, 4) is 0 Å². The molecule has 1 atom stereocenters. The summed E-state index contributed by atoms with van der Waals surface area (Å²) in [5, 5.41) is 2.15. The largest absolute Gasteiger partial charge is 0.344 e. The Morgan fingerprint density at radius 1 is 1.12 bits per heavy atom. The van der Waals surface area contributed by atoms with Gasteiger partial charge < -0.3 is 4.57 Å². The first-order chi connectivity index (χ1) is 11.6. The topological polar surface area (TPSA) is 8.17 Å². The Balaban J connectivity index is 1.80. The molecule has 0 spiro atoms. The van der Waals surface area contributed by atoms with Crippen LogP contribution in [-0.2, 0) is 19.4 Å². The number of hydrogen-bond acceptors (Lipinski definition) is 1. The molecule has 0 aliphatic carbocycles. The number of benzene rings is 2. The second kappa shape index (κ2) is 6.27. The van der Waals surface area contributed by atoms with E-state index in [1.165, 1.54) is 27.7 Å². The van der Waals surface area contributed by atoms with Gasteiger partial charge >= 0.3 is 0 Å². The van der Waals surface area contributed by atoms with Gasteiger partial charge in [-0.25, -0.2) is 0 Å². The normalized spacial score (nSPS) is 18.0. The van der Waals surface area contributed by atoms with Crippen molar-refractivity contribution in [2.75, 3.05) is 13.6 Å². The molecule has 4 rings (SSSR count). The number of fused-ring (bicyclic) bond motifs is 3. The highest BCUT2D eigenvalue weighted by Gasteiger charge is 2.27. The number of hydrogen-bond donors (Lipinski definition) is 0. The summed E-state index contributed by atoms with van der Waals surface area (Å²) in [5.41, 5.74) is 5.67. The maximum atomic E-state index is 6.30. The fourth-order valence-corrected chi connectivity index (χ4v) is 4.15. The van der Waals surface area contributed by atoms with E-state index in [0.717, 1.165) is 31.0 Å². The van der Waals surface area contributed by atoms with E-state index in [1.54, 1.807) is 0 Å². The van der Waals surface area contributed by atoms with E-state index < -0.39 is 0 Å². The second-order valence-corrected chi connectivity index (χ2v) is 7.25. The van der Waals surface area contributed by atoms with Gasteiger partial charge in [-0.3, -0.25) is 4.90 Å². The molecule has 2 nitrogen and oxygen atoms in total. The van der Waals surface area contributed by atoms with Gasteiger partial charge in [0.25, 0.3) is 0 Å². The van der Waals surface area contributed by atoms with Gasteiger partial charge in [0.2, 0.25) is 0 Å². The van der Waals surface area contributed by atoms with Gasteiger partial charge in [0.15, 0.2) is 0 Å². The maximum Gasteiger partial charge on any atom is 0.0487 e. The zero-order chi connectivity index (χ0) is 16.7. The van der Waals surface area contributed by atoms with Crippen molar-refractivity contribution in [2.45, 2.75) is 32.4 Å². The fraction of sp³-hybridized carbons (Fsp3) is 0.333. The summed E-state index contributed by atoms with van der Waals surface area (Å²) in [7, 11) is 2.21. The number of rotatable bonds is 3. The molecule has 1 unspecified atom stereocenters. The molecule has 1 aliphatic heterocycles. The van der Waals surface area contributed by atoms with Crippen LogP contribution in [0.1, 0.15) is 29.8 Å². The lowest BCUT2D eigenvalue weighted by Gasteiger charge is -2.31. The van der Waals surface area contributed by atoms with E-state index in [0.29, 0.717) is 6.04 Å². The van der Waals surface area contributed by atoms with Crippen LogP contribution in [0.3, 0.4) is 0 Å². The Kier molecular flexibility index (Phi) is 4.11. The molecule has 124 valence electrons. The molecule has 0 amide bonds. The molecule has 3 heteroatoms. The van der Waals surface area contributed by atoms with Crippen molar-refractivity contribution >= 4 is 22.5 Å². The quantitative estimate of drug-likeness (QED) is 0.646. The standard InChI is InChI=1S/C21H23ClN2/c1-15-21-18-14-17(22)8-9-19(18)24(20(21)11-12-23(15)2)13-10-16-6-4-3-5-7-16/h3-9,14-15H,10-13H2,1-2H3. The SMILES string of the molecule is CC1c2c(n(CCc3ccccc3)c3ccc(Cl)cc23)CCN1C. The van der Waals surface area contributed by atoms with Gasteiger partial charge in [-0.15, -0.1) is 0 Å². The van der Waals surface area contributed by atoms with Crippen molar-refractivity contribution in [3.63, 3.8) is 0 Å². The fourth-order valence-electron chi connectivity index (χ4n) is 3.98. The Labute approximate surface area is 148 Å². The first kappa shape index (κ1) is 15.7. The predicted molar refractivity (Wildman–Crippen MR) is 102 cm³/mol. The van der Waals surface area contributed by atoms with Crippen LogP contribution < -0.4 is 0 Å². The molecule has 0 radical (unpaired) electrons. The molecular formula is C21H23ClN2. The number of nitrogens with zero attached hydrogens (tertiary/aromatic N) is 2. The summed E-state index contributed by atoms with van der Waals surface area (Å²) >= 11 is 6.30. The third kappa shape index (κ3) is 2.64. The Hall–Kier alpha value is -1.77. The first-order valence-electron chi connectivity index (χ1n) is 8.70. The van der Waals surface area contributed by atoms with Gasteiger partial charge in [-0.2, -0.15) is 0 Å². The van der Waals surface area contributed by atoms with Crippen LogP contribution in [0.4, 0.5) is 0 Å². The van der Waals surface area contributed by atoms with Crippen LogP contribution in [-0.4, -0.2) is 23.1 Å². The zero-order valence-corrected chi connectivity index (χ0v) is 15.1. The average Bonchev–Trinajstić information content (AvgIpc) is 2.90. The highest BCUT2D eigenvalue weighted by atomic mass is 35.5. The molecule has 0 fully saturated rings. The minimum absolute atomic E-state index is 0.438. The maximum absolute atomic E-state index is 6.30. The van der Waals surface area contributed by atoms with E-state index in [1.807, 2.05) is 6.07 Å². The molecule has 24 heavy (non-hydrogen) atoms. The second-order valence-electron chi connectivity index (χ2n) is 6.82. The van der Waals surface area contributed by atoms with Gasteiger partial charge in [0.05, 0.1) is 0 Å². The van der Waals surface area contributed by atoms with Crippen molar-refractivity contribution in [1.29, 1.82) is 0 Å². The summed E-state index contributed by atoms with van der Waals surface area (Å²) < 4.78 is 2.53. The summed E-state index contributed by atoms with van der Waals surface area (Å²) in [4.78, 5) is 2.43. The Morgan fingerprint density at radius 3 is 2.71 bits per heavy atom. The van der Waals surface area contributed by atoms with E-state index in [2.05, 4.69) is 65.9 Å². The number of aromatic nitrogens is 1. The van der Waals surface area contributed by atoms with Gasteiger partial charge in [0.1, 0.15) is 0 Å². The Morgan fingerprint density at radius 2 is 1.92 bits per heavy atom. The summed E-state index contributed by atoms with van der Waals surface area (Å²) in [6, 6.07) is 17.5. The first-order valence-corrected chi connectivity index (χ1v) is 9.07. The van der Waals surface area contributed by atoms with E-state index in [4.69, 9.17) is 11.6 Å². The average molecular weight is 339 g/mol. The highest BCUT2D eigenvalue weighted by Crippen LogP contribution is 2.38. The van der Waals surface area contributed by atoms with Gasteiger partial charge in [0, 0.05) is 47.2 Å². The van der Waals surface area contributed by atoms with Crippen LogP contribution in [0.15, 0.2) is 48.5 Å². The van der Waals surface area contributed by atoms with Crippen molar-refractivity contribution in [1.82, 2.24) is 9.47 Å². The third-order valence-electron chi connectivity index (χ3n) is 5.42. The van der Waals surface area contributed by atoms with Crippen LogP contribution in [0, 0.1) is 0 Å². The minimum Gasteiger partial charge on any atom is -0.344 e. The van der Waals surface area contributed by atoms with E-state index in [-0.39, 0.29) is 0 Å². The Bertz CT molecular complexity index is 866. The molecule has 0 saturated carbocycles. The molecule has 3 aromatic rings. The van der Waals surface area contributed by atoms with Crippen LogP contribution in [0.5, 0.6) is 0 Å². The number of halogens is 1. The predicted octanol–water partition coefficient (Wildman–Crippen LogP) is 5.09. The van der Waals surface area contributed by atoms with Crippen molar-refractivity contribution in [2.24, 2.45) is 0 Å². The van der Waals surface area contributed by atoms with Gasteiger partial charge in [-0.05, 0) is 49.7 Å². The lowest BCUT2D eigenvalue weighted by Crippen LogP contribution is -2.31. The highest BCUT2D eigenvalue weighted by molar-refractivity contribution is 6.31. The summed E-state index contributed by atoms with van der Waals surface area (Å²) in [5.74, 6) is 0. The molecule has 0 bridgehead atoms. The van der Waals surface area contributed by atoms with Crippen LogP contribution in [0.25, 0.3) is 10.9 Å². The third-order valence-corrected chi connectivity index (χ3v) is 5.66. The molecule has 0 N–H and O–H groups in total. The minimum atomic E-state index is 0.438. The van der Waals surface area contributed by atoms with Crippen molar-refractivity contribution in [3.05, 3.63) is 70.4 Å².